The Kier molecular flexibility index (Phi) is 7.44. The zero-order chi connectivity index (χ0) is 18.4. The van der Waals surface area contributed by atoms with Crippen LogP contribution >= 0.6 is 11.3 Å². The molecule has 5 atom stereocenters. The van der Waals surface area contributed by atoms with Crippen molar-refractivity contribution in [1.82, 2.24) is 5.32 Å². The van der Waals surface area contributed by atoms with Crippen LogP contribution in [0.4, 0.5) is 0 Å². The zero-order valence-electron chi connectivity index (χ0n) is 13.3. The largest absolute Gasteiger partial charge is 0.394 e. The number of hydrogen-bond donors (Lipinski definition) is 5. The lowest BCUT2D eigenvalue weighted by atomic mass is 9.99. The Bertz CT molecular complexity index is 564. The predicted molar refractivity (Wildman–Crippen MR) is 86.0 cm³/mol. The third-order valence-corrected chi connectivity index (χ3v) is 4.56. The molecule has 140 valence electrons. The molecule has 1 saturated heterocycles. The van der Waals surface area contributed by atoms with E-state index in [0.29, 0.717) is 11.3 Å². The summed E-state index contributed by atoms with van der Waals surface area (Å²) in [6, 6.07) is 3.24. The van der Waals surface area contributed by atoms with Gasteiger partial charge < -0.3 is 35.2 Å². The van der Waals surface area contributed by atoms with Crippen molar-refractivity contribution >= 4 is 23.0 Å². The summed E-state index contributed by atoms with van der Waals surface area (Å²) in [5.74, 6) is -1.32. The number of hydrogen-bond acceptors (Lipinski definition) is 9. The van der Waals surface area contributed by atoms with Gasteiger partial charge in [0.15, 0.2) is 6.29 Å². The normalized spacial score (nSPS) is 29.4. The summed E-state index contributed by atoms with van der Waals surface area (Å²) in [7, 11) is 0. The Labute approximate surface area is 147 Å². The van der Waals surface area contributed by atoms with E-state index < -0.39 is 49.0 Å². The van der Waals surface area contributed by atoms with Crippen LogP contribution < -0.4 is 5.32 Å². The third-order valence-electron chi connectivity index (χ3n) is 3.69. The first-order chi connectivity index (χ1) is 12.0. The lowest BCUT2D eigenvalue weighted by Gasteiger charge is -2.39. The molecule has 2 heterocycles. The standard InChI is InChI=1S/C15H21NO8S/c17-7-8-10(18)12(20)13(21)15(24-8)23-5-2-4-16-14(22)11(19)9-3-1-6-25-9/h1,3,6,8,10,12-13,15,17-18,20-21H,2,4-5,7H2,(H,16,22)/t8-,10-,12+,13+,15+/m1/s1. The average Bonchev–Trinajstić information content (AvgIpc) is 3.15. The number of Topliss-reactive ketones (excluding diaryl/α,β-unsaturated/α-hetero) is 1. The van der Waals surface area contributed by atoms with Gasteiger partial charge in [0.05, 0.1) is 18.1 Å². The molecule has 0 aromatic carbocycles. The molecule has 0 radical (unpaired) electrons. The van der Waals surface area contributed by atoms with Crippen molar-refractivity contribution in [3.05, 3.63) is 22.4 Å². The van der Waals surface area contributed by atoms with Crippen LogP contribution in [0.3, 0.4) is 0 Å². The molecule has 1 aliphatic heterocycles. The summed E-state index contributed by atoms with van der Waals surface area (Å²) >= 11 is 1.18. The van der Waals surface area contributed by atoms with Gasteiger partial charge in [0, 0.05) is 6.54 Å². The van der Waals surface area contributed by atoms with Crippen LogP contribution in [-0.4, -0.2) is 82.6 Å². The third kappa shape index (κ3) is 5.05. The highest BCUT2D eigenvalue weighted by Crippen LogP contribution is 2.21. The van der Waals surface area contributed by atoms with E-state index in [9.17, 15) is 24.9 Å². The summed E-state index contributed by atoms with van der Waals surface area (Å²) in [6.07, 6.45) is -6.32. The van der Waals surface area contributed by atoms with Crippen molar-refractivity contribution in [2.24, 2.45) is 0 Å². The number of nitrogens with one attached hydrogen (secondary N) is 1. The first-order valence-corrected chi connectivity index (χ1v) is 8.61. The molecular weight excluding hydrogens is 354 g/mol. The molecule has 1 aromatic rings. The van der Waals surface area contributed by atoms with E-state index in [-0.39, 0.29) is 13.2 Å². The average molecular weight is 375 g/mol. The maximum Gasteiger partial charge on any atom is 0.293 e. The SMILES string of the molecule is O=C(NCCCO[C@H]1O[C@H](CO)[C@@H](O)[C@H](O)[C@@H]1O)C(=O)c1cccs1. The van der Waals surface area contributed by atoms with E-state index in [2.05, 4.69) is 5.32 Å². The van der Waals surface area contributed by atoms with Gasteiger partial charge in [0.2, 0.25) is 0 Å². The molecule has 10 heteroatoms. The van der Waals surface area contributed by atoms with Crippen molar-refractivity contribution in [3.8, 4) is 0 Å². The summed E-state index contributed by atoms with van der Waals surface area (Å²) in [4.78, 5) is 23.8. The van der Waals surface area contributed by atoms with Crippen LogP contribution in [0.25, 0.3) is 0 Å². The second kappa shape index (κ2) is 9.34. The van der Waals surface area contributed by atoms with E-state index in [0.717, 1.165) is 0 Å². The Balaban J connectivity index is 1.68. The van der Waals surface area contributed by atoms with Gasteiger partial charge in [-0.1, -0.05) is 6.07 Å². The number of thiophene rings is 1. The van der Waals surface area contributed by atoms with Gasteiger partial charge >= 0.3 is 0 Å². The molecule has 0 bridgehead atoms. The zero-order valence-corrected chi connectivity index (χ0v) is 14.1. The number of carbonyl (C=O) groups is 2. The summed E-state index contributed by atoms with van der Waals surface area (Å²) in [5.41, 5.74) is 0. The lowest BCUT2D eigenvalue weighted by Crippen LogP contribution is -2.59. The Hall–Kier alpha value is -1.40. The first-order valence-electron chi connectivity index (χ1n) is 7.74. The van der Waals surface area contributed by atoms with E-state index in [1.54, 1.807) is 17.5 Å². The van der Waals surface area contributed by atoms with Gasteiger partial charge in [0.25, 0.3) is 11.7 Å². The van der Waals surface area contributed by atoms with Crippen molar-refractivity contribution in [2.45, 2.75) is 37.1 Å². The van der Waals surface area contributed by atoms with E-state index in [1.807, 2.05) is 0 Å². The van der Waals surface area contributed by atoms with Gasteiger partial charge in [-0.05, 0) is 17.9 Å². The van der Waals surface area contributed by atoms with Crippen molar-refractivity contribution in [2.75, 3.05) is 19.8 Å². The quantitative estimate of drug-likeness (QED) is 0.204. The maximum absolute atomic E-state index is 11.7. The predicted octanol–water partition coefficient (Wildman–Crippen LogP) is -1.75. The Morgan fingerprint density at radius 1 is 1.24 bits per heavy atom. The van der Waals surface area contributed by atoms with Gasteiger partial charge in [0.1, 0.15) is 24.4 Å². The van der Waals surface area contributed by atoms with E-state index in [4.69, 9.17) is 14.6 Å². The number of carbonyl (C=O) groups excluding carboxylic acids is 2. The molecule has 0 unspecified atom stereocenters. The van der Waals surface area contributed by atoms with Crippen molar-refractivity contribution < 1.29 is 39.5 Å². The molecule has 25 heavy (non-hydrogen) atoms. The molecule has 1 aromatic heterocycles. The molecule has 0 saturated carbocycles. The molecule has 1 amide bonds. The van der Waals surface area contributed by atoms with Crippen LogP contribution in [0.5, 0.6) is 0 Å². The molecule has 0 spiro atoms. The smallest absolute Gasteiger partial charge is 0.293 e. The second-order valence-electron chi connectivity index (χ2n) is 5.48. The van der Waals surface area contributed by atoms with Crippen LogP contribution in [0.1, 0.15) is 16.1 Å². The maximum atomic E-state index is 11.7. The number of ketones is 1. The van der Waals surface area contributed by atoms with Crippen LogP contribution in [0.2, 0.25) is 0 Å². The number of ether oxygens (including phenoxy) is 2. The molecule has 2 rings (SSSR count). The minimum absolute atomic E-state index is 0.0656. The summed E-state index contributed by atoms with van der Waals surface area (Å²) in [5, 5.41) is 42.3. The highest BCUT2D eigenvalue weighted by atomic mass is 32.1. The Morgan fingerprint density at radius 2 is 2.00 bits per heavy atom. The fraction of sp³-hybridized carbons (Fsp3) is 0.600. The number of aliphatic hydroxyl groups is 4. The fourth-order valence-corrected chi connectivity index (χ4v) is 2.94. The molecule has 9 nitrogen and oxygen atoms in total. The monoisotopic (exact) mass is 375 g/mol. The molecule has 1 fully saturated rings. The highest BCUT2D eigenvalue weighted by molar-refractivity contribution is 7.13. The van der Waals surface area contributed by atoms with Crippen molar-refractivity contribution in [3.63, 3.8) is 0 Å². The molecule has 0 aliphatic carbocycles. The van der Waals surface area contributed by atoms with Gasteiger partial charge in [-0.25, -0.2) is 0 Å². The van der Waals surface area contributed by atoms with Crippen LogP contribution in [0, 0.1) is 0 Å². The van der Waals surface area contributed by atoms with Crippen LogP contribution in [0.15, 0.2) is 17.5 Å². The van der Waals surface area contributed by atoms with Gasteiger partial charge in [-0.3, -0.25) is 9.59 Å². The highest BCUT2D eigenvalue weighted by Gasteiger charge is 2.43. The van der Waals surface area contributed by atoms with Gasteiger partial charge in [-0.2, -0.15) is 0 Å². The molecular formula is C15H21NO8S. The minimum atomic E-state index is -1.50. The number of rotatable bonds is 8. The lowest BCUT2D eigenvalue weighted by molar-refractivity contribution is -0.301. The van der Waals surface area contributed by atoms with E-state index in [1.165, 1.54) is 11.3 Å². The van der Waals surface area contributed by atoms with Crippen molar-refractivity contribution in [1.29, 1.82) is 0 Å². The minimum Gasteiger partial charge on any atom is -0.394 e. The number of amides is 1. The first kappa shape index (κ1) is 19.9. The number of aliphatic hydroxyl groups excluding tert-OH is 4. The Morgan fingerprint density at radius 3 is 2.64 bits per heavy atom. The van der Waals surface area contributed by atoms with Gasteiger partial charge in [-0.15, -0.1) is 11.3 Å². The molecule has 1 aliphatic rings. The van der Waals surface area contributed by atoms with Crippen LogP contribution in [-0.2, 0) is 14.3 Å². The summed E-state index contributed by atoms with van der Waals surface area (Å²) in [6.45, 7) is -0.296. The topological polar surface area (TPSA) is 146 Å². The molecule has 5 N–H and O–H groups in total. The van der Waals surface area contributed by atoms with E-state index >= 15 is 0 Å². The summed E-state index contributed by atoms with van der Waals surface area (Å²) < 4.78 is 10.4. The second-order valence-corrected chi connectivity index (χ2v) is 6.43. The fourth-order valence-electron chi connectivity index (χ4n) is 2.28.